The molecule has 0 saturated carbocycles. The molecule has 2 heterocycles. The smallest absolute Gasteiger partial charge is 0.275 e. The monoisotopic (exact) mass is 239 g/mol. The summed E-state index contributed by atoms with van der Waals surface area (Å²) >= 11 is 1.51. The molecule has 0 aliphatic carbocycles. The van der Waals surface area contributed by atoms with Crippen LogP contribution in [0.25, 0.3) is 0 Å². The molecular weight excluding hydrogens is 222 g/mol. The molecule has 5 heteroatoms. The second-order valence-corrected chi connectivity index (χ2v) is 5.41. The first-order chi connectivity index (χ1) is 7.70. The maximum Gasteiger partial charge on any atom is 0.275 e. The molecule has 1 fully saturated rings. The van der Waals surface area contributed by atoms with Gasteiger partial charge >= 0.3 is 0 Å². The first kappa shape index (κ1) is 11.6. The predicted octanol–water partition coefficient (Wildman–Crippen LogP) is 1.26. The topological polar surface area (TPSA) is 58.4 Å². The van der Waals surface area contributed by atoms with Crippen LogP contribution in [0.15, 0.2) is 6.07 Å². The largest absolute Gasteiger partial charge is 0.299 e. The van der Waals surface area contributed by atoms with Crippen LogP contribution in [-0.2, 0) is 6.54 Å². The Labute approximate surface area is 99.4 Å². The minimum absolute atomic E-state index is 0.194. The molecule has 1 aromatic heterocycles. The maximum absolute atomic E-state index is 11.4. The maximum atomic E-state index is 11.4. The van der Waals surface area contributed by atoms with E-state index in [1.54, 1.807) is 0 Å². The number of hydrazine groups is 1. The number of nitrogens with zero attached hydrogens (tertiary/aromatic N) is 1. The summed E-state index contributed by atoms with van der Waals surface area (Å²) in [7, 11) is 0. The van der Waals surface area contributed by atoms with Gasteiger partial charge in [-0.1, -0.05) is 0 Å². The summed E-state index contributed by atoms with van der Waals surface area (Å²) in [5, 5.41) is 0. The van der Waals surface area contributed by atoms with Crippen molar-refractivity contribution in [1.29, 1.82) is 0 Å². The van der Waals surface area contributed by atoms with E-state index in [0.29, 0.717) is 4.88 Å². The second kappa shape index (κ2) is 4.95. The van der Waals surface area contributed by atoms with E-state index in [9.17, 15) is 4.79 Å². The van der Waals surface area contributed by atoms with Crippen molar-refractivity contribution >= 4 is 17.2 Å². The van der Waals surface area contributed by atoms with Gasteiger partial charge in [0, 0.05) is 11.4 Å². The molecule has 1 amide bonds. The van der Waals surface area contributed by atoms with Gasteiger partial charge in [0.2, 0.25) is 0 Å². The standard InChI is InChI=1S/C11H17N3OS/c1-8-9(7-14-4-2-3-5-14)6-10(16-8)11(15)13-12/h6H,2-5,7,12H2,1H3,(H,13,15). The van der Waals surface area contributed by atoms with Crippen LogP contribution in [0.3, 0.4) is 0 Å². The minimum Gasteiger partial charge on any atom is -0.299 e. The number of hydrogen-bond acceptors (Lipinski definition) is 4. The fraction of sp³-hybridized carbons (Fsp3) is 0.545. The van der Waals surface area contributed by atoms with Gasteiger partial charge in [-0.05, 0) is 44.5 Å². The minimum atomic E-state index is -0.194. The van der Waals surface area contributed by atoms with Crippen molar-refractivity contribution in [2.24, 2.45) is 5.84 Å². The SMILES string of the molecule is Cc1sc(C(=O)NN)cc1CN1CCCC1. The van der Waals surface area contributed by atoms with E-state index in [2.05, 4.69) is 17.2 Å². The van der Waals surface area contributed by atoms with Crippen LogP contribution in [0.5, 0.6) is 0 Å². The molecule has 0 aromatic carbocycles. The number of rotatable bonds is 3. The quantitative estimate of drug-likeness (QED) is 0.474. The number of likely N-dealkylation sites (tertiary alicyclic amines) is 1. The first-order valence-electron chi connectivity index (χ1n) is 5.53. The summed E-state index contributed by atoms with van der Waals surface area (Å²) in [5.41, 5.74) is 3.43. The lowest BCUT2D eigenvalue weighted by Crippen LogP contribution is -2.29. The van der Waals surface area contributed by atoms with Crippen molar-refractivity contribution in [2.75, 3.05) is 13.1 Å². The van der Waals surface area contributed by atoms with Crippen molar-refractivity contribution in [2.45, 2.75) is 26.3 Å². The Kier molecular flexibility index (Phi) is 3.58. The molecule has 0 spiro atoms. The molecule has 1 saturated heterocycles. The number of carbonyl (C=O) groups is 1. The zero-order chi connectivity index (χ0) is 11.5. The highest BCUT2D eigenvalue weighted by molar-refractivity contribution is 7.14. The van der Waals surface area contributed by atoms with E-state index < -0.39 is 0 Å². The van der Waals surface area contributed by atoms with Crippen LogP contribution >= 0.6 is 11.3 Å². The number of nitrogens with one attached hydrogen (secondary N) is 1. The summed E-state index contributed by atoms with van der Waals surface area (Å²) in [6.45, 7) is 5.37. The van der Waals surface area contributed by atoms with Crippen LogP contribution in [0, 0.1) is 6.92 Å². The van der Waals surface area contributed by atoms with E-state index in [0.717, 1.165) is 6.54 Å². The lowest BCUT2D eigenvalue weighted by Gasteiger charge is -2.13. The van der Waals surface area contributed by atoms with Crippen molar-refractivity contribution in [3.8, 4) is 0 Å². The van der Waals surface area contributed by atoms with Gasteiger partial charge in [-0.2, -0.15) is 0 Å². The zero-order valence-electron chi connectivity index (χ0n) is 9.45. The Hall–Kier alpha value is -0.910. The summed E-state index contributed by atoms with van der Waals surface area (Å²) < 4.78 is 0. The van der Waals surface area contributed by atoms with Crippen LogP contribution < -0.4 is 11.3 Å². The van der Waals surface area contributed by atoms with Crippen molar-refractivity contribution in [3.05, 3.63) is 21.4 Å². The van der Waals surface area contributed by atoms with Gasteiger partial charge in [-0.3, -0.25) is 15.1 Å². The highest BCUT2D eigenvalue weighted by atomic mass is 32.1. The summed E-state index contributed by atoms with van der Waals surface area (Å²) in [4.78, 5) is 15.7. The van der Waals surface area contributed by atoms with Gasteiger partial charge in [0.05, 0.1) is 4.88 Å². The Morgan fingerprint density at radius 2 is 2.25 bits per heavy atom. The Balaban J connectivity index is 2.08. The van der Waals surface area contributed by atoms with E-state index >= 15 is 0 Å². The lowest BCUT2D eigenvalue weighted by molar-refractivity contribution is 0.0957. The predicted molar refractivity (Wildman–Crippen MR) is 65.2 cm³/mol. The fourth-order valence-electron chi connectivity index (χ4n) is 2.04. The van der Waals surface area contributed by atoms with Gasteiger partial charge in [0.25, 0.3) is 5.91 Å². The van der Waals surface area contributed by atoms with E-state index in [1.165, 1.54) is 47.7 Å². The number of hydrogen-bond donors (Lipinski definition) is 2. The number of thiophene rings is 1. The normalized spacial score (nSPS) is 16.6. The van der Waals surface area contributed by atoms with Crippen LogP contribution in [0.2, 0.25) is 0 Å². The number of carbonyl (C=O) groups excluding carboxylic acids is 1. The van der Waals surface area contributed by atoms with Gasteiger partial charge in [0.15, 0.2) is 0 Å². The Morgan fingerprint density at radius 1 is 1.56 bits per heavy atom. The first-order valence-corrected chi connectivity index (χ1v) is 6.35. The second-order valence-electron chi connectivity index (χ2n) is 4.15. The zero-order valence-corrected chi connectivity index (χ0v) is 10.3. The Bertz CT molecular complexity index is 383. The average Bonchev–Trinajstić information content (AvgIpc) is 2.89. The van der Waals surface area contributed by atoms with E-state index in [4.69, 9.17) is 5.84 Å². The molecule has 2 rings (SSSR count). The summed E-state index contributed by atoms with van der Waals surface area (Å²) in [6.07, 6.45) is 2.58. The summed E-state index contributed by atoms with van der Waals surface area (Å²) in [5.74, 6) is 4.93. The molecular formula is C11H17N3OS. The van der Waals surface area contributed by atoms with Crippen LogP contribution in [0.1, 0.15) is 33.0 Å². The fourth-order valence-corrected chi connectivity index (χ4v) is 2.98. The van der Waals surface area contributed by atoms with E-state index in [1.807, 2.05) is 6.07 Å². The number of nitrogens with two attached hydrogens (primary N) is 1. The van der Waals surface area contributed by atoms with Crippen molar-refractivity contribution < 1.29 is 4.79 Å². The molecule has 0 atom stereocenters. The lowest BCUT2D eigenvalue weighted by atomic mass is 10.2. The number of nitrogen functional groups attached to an aromatic ring is 1. The van der Waals surface area contributed by atoms with Gasteiger partial charge < -0.3 is 0 Å². The van der Waals surface area contributed by atoms with Gasteiger partial charge in [-0.15, -0.1) is 11.3 Å². The molecule has 88 valence electrons. The van der Waals surface area contributed by atoms with Crippen molar-refractivity contribution in [1.82, 2.24) is 10.3 Å². The van der Waals surface area contributed by atoms with Crippen molar-refractivity contribution in [3.63, 3.8) is 0 Å². The highest BCUT2D eigenvalue weighted by Crippen LogP contribution is 2.24. The molecule has 1 aliphatic heterocycles. The van der Waals surface area contributed by atoms with Crippen LogP contribution in [-0.4, -0.2) is 23.9 Å². The molecule has 0 unspecified atom stereocenters. The third kappa shape index (κ3) is 2.42. The molecule has 1 aliphatic rings. The molecule has 4 nitrogen and oxygen atoms in total. The summed E-state index contributed by atoms with van der Waals surface area (Å²) in [6, 6.07) is 1.96. The molecule has 1 aromatic rings. The average molecular weight is 239 g/mol. The van der Waals surface area contributed by atoms with E-state index in [-0.39, 0.29) is 5.91 Å². The molecule has 0 radical (unpaired) electrons. The number of aryl methyl sites for hydroxylation is 1. The third-order valence-corrected chi connectivity index (χ3v) is 4.06. The number of amides is 1. The molecule has 3 N–H and O–H groups in total. The molecule has 16 heavy (non-hydrogen) atoms. The molecule has 0 bridgehead atoms. The van der Waals surface area contributed by atoms with Crippen LogP contribution in [0.4, 0.5) is 0 Å². The third-order valence-electron chi connectivity index (χ3n) is 2.97. The van der Waals surface area contributed by atoms with Gasteiger partial charge in [0.1, 0.15) is 0 Å². The van der Waals surface area contributed by atoms with Gasteiger partial charge in [-0.25, -0.2) is 5.84 Å². The highest BCUT2D eigenvalue weighted by Gasteiger charge is 2.16. The Morgan fingerprint density at radius 3 is 2.88 bits per heavy atom.